The van der Waals surface area contributed by atoms with Crippen LogP contribution in [0.5, 0.6) is 0 Å². The van der Waals surface area contributed by atoms with Crippen molar-refractivity contribution in [3.63, 3.8) is 0 Å². The van der Waals surface area contributed by atoms with E-state index >= 15 is 0 Å². The molecule has 1 N–H and O–H groups in total. The topological polar surface area (TPSA) is 33.6 Å². The van der Waals surface area contributed by atoms with E-state index in [9.17, 15) is 0 Å². The largest absolute Gasteiger partial charge is 0.362 e. The Balaban J connectivity index is 2.27. The summed E-state index contributed by atoms with van der Waals surface area (Å²) in [5, 5.41) is 6.94. The second-order valence-corrected chi connectivity index (χ2v) is 2.65. The summed E-state index contributed by atoms with van der Waals surface area (Å²) in [5.74, 6) is 0.977. The SMILES string of the molecule is CNCCC1=CCC(C)=NO1. The van der Waals surface area contributed by atoms with Crippen molar-refractivity contribution in [1.29, 1.82) is 0 Å². The highest BCUT2D eigenvalue weighted by atomic mass is 16.6. The highest BCUT2D eigenvalue weighted by Crippen LogP contribution is 2.10. The van der Waals surface area contributed by atoms with Crippen molar-refractivity contribution < 1.29 is 4.84 Å². The Morgan fingerprint density at radius 1 is 1.73 bits per heavy atom. The summed E-state index contributed by atoms with van der Waals surface area (Å²) in [7, 11) is 1.93. The number of oxime groups is 1. The van der Waals surface area contributed by atoms with Crippen LogP contribution < -0.4 is 5.32 Å². The summed E-state index contributed by atoms with van der Waals surface area (Å²) < 4.78 is 0. The Bertz CT molecular complexity index is 185. The average molecular weight is 154 g/mol. The summed E-state index contributed by atoms with van der Waals surface area (Å²) in [6.07, 6.45) is 3.94. The number of nitrogens with zero attached hydrogens (tertiary/aromatic N) is 1. The van der Waals surface area contributed by atoms with Crippen molar-refractivity contribution >= 4 is 5.71 Å². The van der Waals surface area contributed by atoms with E-state index in [2.05, 4.69) is 16.5 Å². The predicted octanol–water partition coefficient (Wildman–Crippen LogP) is 1.28. The van der Waals surface area contributed by atoms with Crippen LogP contribution >= 0.6 is 0 Å². The van der Waals surface area contributed by atoms with Crippen LogP contribution in [0.3, 0.4) is 0 Å². The fraction of sp³-hybridized carbons (Fsp3) is 0.625. The van der Waals surface area contributed by atoms with Crippen molar-refractivity contribution in [3.8, 4) is 0 Å². The lowest BCUT2D eigenvalue weighted by atomic mass is 10.2. The van der Waals surface area contributed by atoms with E-state index < -0.39 is 0 Å². The third-order valence-corrected chi connectivity index (χ3v) is 1.57. The number of allylic oxidation sites excluding steroid dienone is 1. The molecule has 1 rings (SSSR count). The zero-order valence-electron chi connectivity index (χ0n) is 7.05. The highest BCUT2D eigenvalue weighted by molar-refractivity contribution is 5.83. The maximum Gasteiger partial charge on any atom is 0.132 e. The van der Waals surface area contributed by atoms with Crippen molar-refractivity contribution in [1.82, 2.24) is 5.32 Å². The van der Waals surface area contributed by atoms with Gasteiger partial charge >= 0.3 is 0 Å². The van der Waals surface area contributed by atoms with E-state index in [1.54, 1.807) is 0 Å². The fourth-order valence-corrected chi connectivity index (χ4v) is 0.869. The van der Waals surface area contributed by atoms with Gasteiger partial charge in [-0.25, -0.2) is 0 Å². The summed E-state index contributed by atoms with van der Waals surface area (Å²) in [4.78, 5) is 5.10. The van der Waals surface area contributed by atoms with Gasteiger partial charge in [0.1, 0.15) is 5.76 Å². The Labute approximate surface area is 67.1 Å². The molecule has 1 heterocycles. The van der Waals surface area contributed by atoms with Crippen LogP contribution in [0.15, 0.2) is 17.0 Å². The van der Waals surface area contributed by atoms with Crippen molar-refractivity contribution in [2.24, 2.45) is 5.16 Å². The summed E-state index contributed by atoms with van der Waals surface area (Å²) >= 11 is 0. The average Bonchev–Trinajstić information content (AvgIpc) is 2.04. The van der Waals surface area contributed by atoms with Gasteiger partial charge in [0.05, 0.1) is 5.71 Å². The first-order valence-electron chi connectivity index (χ1n) is 3.87. The van der Waals surface area contributed by atoms with Crippen LogP contribution in [0, 0.1) is 0 Å². The zero-order valence-corrected chi connectivity index (χ0v) is 7.05. The third kappa shape index (κ3) is 2.72. The molecule has 0 amide bonds. The number of nitrogens with one attached hydrogen (secondary N) is 1. The van der Waals surface area contributed by atoms with Crippen molar-refractivity contribution in [2.75, 3.05) is 13.6 Å². The van der Waals surface area contributed by atoms with Crippen LogP contribution in [0.2, 0.25) is 0 Å². The lowest BCUT2D eigenvalue weighted by Crippen LogP contribution is -2.10. The van der Waals surface area contributed by atoms with Gasteiger partial charge in [-0.3, -0.25) is 0 Å². The molecule has 0 saturated carbocycles. The van der Waals surface area contributed by atoms with Gasteiger partial charge < -0.3 is 10.2 Å². The Morgan fingerprint density at radius 3 is 3.09 bits per heavy atom. The molecule has 0 radical (unpaired) electrons. The molecule has 0 fully saturated rings. The number of hydrogen-bond acceptors (Lipinski definition) is 3. The molecule has 1 aliphatic rings. The van der Waals surface area contributed by atoms with E-state index in [1.165, 1.54) is 0 Å². The molecule has 3 nitrogen and oxygen atoms in total. The van der Waals surface area contributed by atoms with Gasteiger partial charge in [-0.1, -0.05) is 5.16 Å². The zero-order chi connectivity index (χ0) is 8.10. The molecule has 0 aromatic heterocycles. The molecule has 0 bridgehead atoms. The molecule has 0 aromatic rings. The quantitative estimate of drug-likeness (QED) is 0.664. The summed E-state index contributed by atoms with van der Waals surface area (Å²) in [6.45, 7) is 2.91. The molecule has 0 saturated heterocycles. The van der Waals surface area contributed by atoms with Crippen LogP contribution in [0.1, 0.15) is 19.8 Å². The van der Waals surface area contributed by atoms with Crippen LogP contribution in [-0.2, 0) is 4.84 Å². The fourth-order valence-electron chi connectivity index (χ4n) is 0.869. The smallest absolute Gasteiger partial charge is 0.132 e. The van der Waals surface area contributed by atoms with Gasteiger partial charge in [-0.05, 0) is 20.0 Å². The Hall–Kier alpha value is -0.830. The first-order chi connectivity index (χ1) is 5.33. The van der Waals surface area contributed by atoms with Crippen molar-refractivity contribution in [2.45, 2.75) is 19.8 Å². The molecular weight excluding hydrogens is 140 g/mol. The highest BCUT2D eigenvalue weighted by Gasteiger charge is 2.03. The Morgan fingerprint density at radius 2 is 2.55 bits per heavy atom. The van der Waals surface area contributed by atoms with Gasteiger partial charge in [-0.2, -0.15) is 0 Å². The predicted molar refractivity (Wildman–Crippen MR) is 45.4 cm³/mol. The van der Waals surface area contributed by atoms with E-state index in [1.807, 2.05) is 14.0 Å². The van der Waals surface area contributed by atoms with E-state index in [4.69, 9.17) is 4.84 Å². The molecular formula is C8H14N2O. The van der Waals surface area contributed by atoms with Gasteiger partial charge in [0.2, 0.25) is 0 Å². The lowest BCUT2D eigenvalue weighted by molar-refractivity contribution is 0.209. The minimum absolute atomic E-state index is 0.924. The van der Waals surface area contributed by atoms with E-state index in [0.29, 0.717) is 0 Å². The lowest BCUT2D eigenvalue weighted by Gasteiger charge is -2.09. The molecule has 0 aromatic carbocycles. The molecule has 3 heteroatoms. The maximum absolute atomic E-state index is 5.10. The minimum Gasteiger partial charge on any atom is -0.362 e. The standard InChI is InChI=1S/C8H14N2O/c1-7-3-4-8(11-10-7)5-6-9-2/h4,9H,3,5-6H2,1-2H3. The second kappa shape index (κ2) is 4.13. The first kappa shape index (κ1) is 8.27. The monoisotopic (exact) mass is 154 g/mol. The molecule has 0 spiro atoms. The molecule has 11 heavy (non-hydrogen) atoms. The molecule has 0 aliphatic carbocycles. The first-order valence-corrected chi connectivity index (χ1v) is 3.87. The third-order valence-electron chi connectivity index (χ3n) is 1.57. The normalized spacial score (nSPS) is 16.9. The summed E-state index contributed by atoms with van der Waals surface area (Å²) in [6, 6.07) is 0. The van der Waals surface area contributed by atoms with Gasteiger partial charge in [-0.15, -0.1) is 0 Å². The minimum atomic E-state index is 0.924. The molecule has 0 unspecified atom stereocenters. The van der Waals surface area contributed by atoms with E-state index in [0.717, 1.165) is 30.9 Å². The van der Waals surface area contributed by atoms with Crippen LogP contribution in [-0.4, -0.2) is 19.3 Å². The second-order valence-electron chi connectivity index (χ2n) is 2.65. The Kier molecular flexibility index (Phi) is 3.11. The summed E-state index contributed by atoms with van der Waals surface area (Å²) in [5.41, 5.74) is 1.04. The van der Waals surface area contributed by atoms with Crippen LogP contribution in [0.4, 0.5) is 0 Å². The maximum atomic E-state index is 5.10. The number of rotatable bonds is 3. The van der Waals surface area contributed by atoms with E-state index in [-0.39, 0.29) is 0 Å². The van der Waals surface area contributed by atoms with Gasteiger partial charge in [0, 0.05) is 19.4 Å². The van der Waals surface area contributed by atoms with Crippen molar-refractivity contribution in [3.05, 3.63) is 11.8 Å². The van der Waals surface area contributed by atoms with Gasteiger partial charge in [0.15, 0.2) is 0 Å². The molecule has 0 atom stereocenters. The van der Waals surface area contributed by atoms with Gasteiger partial charge in [0.25, 0.3) is 0 Å². The van der Waals surface area contributed by atoms with Crippen LogP contribution in [0.25, 0.3) is 0 Å². The molecule has 1 aliphatic heterocycles. The molecule has 62 valence electrons. The number of hydrogen-bond donors (Lipinski definition) is 1.